The van der Waals surface area contributed by atoms with E-state index in [2.05, 4.69) is 10.6 Å². The van der Waals surface area contributed by atoms with Gasteiger partial charge in [-0.05, 0) is 42.3 Å². The second-order valence-corrected chi connectivity index (χ2v) is 7.00. The Hall–Kier alpha value is -2.25. The first-order valence-electron chi connectivity index (χ1n) is 7.86. The van der Waals surface area contributed by atoms with Crippen LogP contribution in [0.3, 0.4) is 0 Å². The first-order chi connectivity index (χ1) is 11.6. The van der Waals surface area contributed by atoms with Crippen LogP contribution in [0.15, 0.2) is 35.7 Å². The highest BCUT2D eigenvalue weighted by Crippen LogP contribution is 2.46. The van der Waals surface area contributed by atoms with Gasteiger partial charge in [0.2, 0.25) is 6.79 Å². The Morgan fingerprint density at radius 2 is 2.12 bits per heavy atom. The van der Waals surface area contributed by atoms with Crippen LogP contribution in [-0.2, 0) is 5.60 Å². The van der Waals surface area contributed by atoms with Crippen LogP contribution in [0.2, 0.25) is 0 Å². The normalized spacial score (nSPS) is 18.0. The Labute approximate surface area is 143 Å². The van der Waals surface area contributed by atoms with E-state index in [9.17, 15) is 9.90 Å². The zero-order valence-corrected chi connectivity index (χ0v) is 13.8. The number of hydrogen-bond acceptors (Lipinski definition) is 5. The van der Waals surface area contributed by atoms with Gasteiger partial charge in [-0.15, -0.1) is 11.3 Å². The molecular formula is C17H18N2O4S. The monoisotopic (exact) mass is 346 g/mol. The molecule has 126 valence electrons. The maximum Gasteiger partial charge on any atom is 0.319 e. The largest absolute Gasteiger partial charge is 0.454 e. The number of thiophene rings is 1. The summed E-state index contributed by atoms with van der Waals surface area (Å²) in [5.41, 5.74) is -0.372. The fourth-order valence-corrected chi connectivity index (χ4v) is 3.79. The van der Waals surface area contributed by atoms with Gasteiger partial charge in [0, 0.05) is 16.6 Å². The van der Waals surface area contributed by atoms with E-state index >= 15 is 0 Å². The lowest BCUT2D eigenvalue weighted by Gasteiger charge is -2.27. The number of aliphatic hydroxyl groups is 1. The summed E-state index contributed by atoms with van der Waals surface area (Å²) in [6, 6.07) is 8.70. The molecule has 24 heavy (non-hydrogen) atoms. The van der Waals surface area contributed by atoms with Gasteiger partial charge in [-0.3, -0.25) is 0 Å². The van der Waals surface area contributed by atoms with Gasteiger partial charge in [0.05, 0.1) is 6.54 Å². The molecule has 2 heterocycles. The average Bonchev–Trinajstić information content (AvgIpc) is 3.10. The van der Waals surface area contributed by atoms with Crippen molar-refractivity contribution in [1.82, 2.24) is 5.32 Å². The molecule has 0 spiro atoms. The summed E-state index contributed by atoms with van der Waals surface area (Å²) in [7, 11) is 0. The van der Waals surface area contributed by atoms with E-state index in [-0.39, 0.29) is 25.3 Å². The standard InChI is InChI=1S/C17H18N2O4S/c20-16(19-12-5-6-13-14(8-12)23-10-22-13)18-9-17(21,11-3-4-11)15-2-1-7-24-15/h1-2,5-8,11,21H,3-4,9-10H2,(H2,18,19,20). The fourth-order valence-electron chi connectivity index (χ4n) is 2.88. The van der Waals surface area contributed by atoms with Crippen molar-refractivity contribution >= 4 is 23.1 Å². The Balaban J connectivity index is 1.39. The first kappa shape index (κ1) is 15.3. The van der Waals surface area contributed by atoms with Crippen molar-refractivity contribution in [2.75, 3.05) is 18.7 Å². The molecule has 0 saturated heterocycles. The third-order valence-corrected chi connectivity index (χ3v) is 5.39. The van der Waals surface area contributed by atoms with E-state index in [1.807, 2.05) is 17.5 Å². The number of carbonyl (C=O) groups is 1. The number of benzene rings is 1. The van der Waals surface area contributed by atoms with Crippen LogP contribution < -0.4 is 20.1 Å². The number of urea groups is 1. The third kappa shape index (κ3) is 2.92. The van der Waals surface area contributed by atoms with Crippen molar-refractivity contribution in [3.63, 3.8) is 0 Å². The summed E-state index contributed by atoms with van der Waals surface area (Å²) in [5.74, 6) is 1.49. The number of fused-ring (bicyclic) bond motifs is 1. The van der Waals surface area contributed by atoms with E-state index in [1.54, 1.807) is 18.2 Å². The molecule has 6 nitrogen and oxygen atoms in total. The van der Waals surface area contributed by atoms with E-state index in [4.69, 9.17) is 9.47 Å². The Kier molecular flexibility index (Phi) is 3.82. The number of carbonyl (C=O) groups excluding carboxylic acids is 1. The summed E-state index contributed by atoms with van der Waals surface area (Å²) < 4.78 is 10.5. The molecule has 1 aliphatic carbocycles. The zero-order valence-electron chi connectivity index (χ0n) is 13.0. The van der Waals surface area contributed by atoms with Gasteiger partial charge < -0.3 is 25.2 Å². The van der Waals surface area contributed by atoms with Gasteiger partial charge in [0.15, 0.2) is 11.5 Å². The number of hydrogen-bond donors (Lipinski definition) is 3. The number of nitrogens with one attached hydrogen (secondary N) is 2. The van der Waals surface area contributed by atoms with E-state index in [1.165, 1.54) is 11.3 Å². The quantitative estimate of drug-likeness (QED) is 0.778. The molecule has 3 N–H and O–H groups in total. The van der Waals surface area contributed by atoms with Crippen LogP contribution in [0.1, 0.15) is 17.7 Å². The highest BCUT2D eigenvalue weighted by Gasteiger charge is 2.45. The van der Waals surface area contributed by atoms with Crippen LogP contribution in [0.4, 0.5) is 10.5 Å². The van der Waals surface area contributed by atoms with Crippen LogP contribution in [0.25, 0.3) is 0 Å². The molecule has 1 aliphatic heterocycles. The Morgan fingerprint density at radius 3 is 2.88 bits per heavy atom. The predicted octanol–water partition coefficient (Wildman–Crippen LogP) is 2.90. The Morgan fingerprint density at radius 1 is 1.29 bits per heavy atom. The highest BCUT2D eigenvalue weighted by atomic mass is 32.1. The molecule has 2 aliphatic rings. The first-order valence-corrected chi connectivity index (χ1v) is 8.74. The molecule has 7 heteroatoms. The van der Waals surface area contributed by atoms with E-state index in [0.717, 1.165) is 17.7 Å². The topological polar surface area (TPSA) is 79.8 Å². The van der Waals surface area contributed by atoms with Gasteiger partial charge in [-0.2, -0.15) is 0 Å². The van der Waals surface area contributed by atoms with E-state index in [0.29, 0.717) is 17.2 Å². The lowest BCUT2D eigenvalue weighted by atomic mass is 9.96. The molecule has 1 saturated carbocycles. The molecule has 2 amide bonds. The van der Waals surface area contributed by atoms with Gasteiger partial charge >= 0.3 is 6.03 Å². The summed E-state index contributed by atoms with van der Waals surface area (Å²) in [5, 5.41) is 18.5. The van der Waals surface area contributed by atoms with Crippen molar-refractivity contribution in [2.45, 2.75) is 18.4 Å². The van der Waals surface area contributed by atoms with Crippen molar-refractivity contribution in [2.24, 2.45) is 5.92 Å². The molecule has 1 atom stereocenters. The van der Waals surface area contributed by atoms with Crippen LogP contribution in [-0.4, -0.2) is 24.5 Å². The number of rotatable bonds is 5. The molecule has 1 fully saturated rings. The van der Waals surface area contributed by atoms with Gasteiger partial charge in [0.1, 0.15) is 5.60 Å². The SMILES string of the molecule is O=C(NCC(O)(c1cccs1)C1CC1)Nc1ccc2c(c1)OCO2. The molecule has 0 bridgehead atoms. The third-order valence-electron chi connectivity index (χ3n) is 4.35. The average molecular weight is 346 g/mol. The van der Waals surface area contributed by atoms with E-state index < -0.39 is 5.60 Å². The number of ether oxygens (including phenoxy) is 2. The summed E-state index contributed by atoms with van der Waals surface area (Å²) in [4.78, 5) is 13.1. The number of amides is 2. The molecule has 1 aromatic carbocycles. The minimum atomic E-state index is -0.986. The maximum absolute atomic E-state index is 12.2. The number of anilines is 1. The molecule has 1 aromatic heterocycles. The summed E-state index contributed by atoms with van der Waals surface area (Å²) in [6.45, 7) is 0.384. The van der Waals surface area contributed by atoms with Crippen molar-refractivity contribution in [1.29, 1.82) is 0 Å². The molecule has 4 rings (SSSR count). The summed E-state index contributed by atoms with van der Waals surface area (Å²) in [6.07, 6.45) is 1.97. The lowest BCUT2D eigenvalue weighted by Crippen LogP contribution is -2.43. The Bertz CT molecular complexity index is 745. The van der Waals surface area contributed by atoms with Crippen LogP contribution in [0, 0.1) is 5.92 Å². The van der Waals surface area contributed by atoms with Gasteiger partial charge in [-0.1, -0.05) is 6.07 Å². The van der Waals surface area contributed by atoms with Gasteiger partial charge in [-0.25, -0.2) is 4.79 Å². The van der Waals surface area contributed by atoms with Crippen LogP contribution >= 0.6 is 11.3 Å². The molecule has 2 aromatic rings. The molecular weight excluding hydrogens is 328 g/mol. The minimum absolute atomic E-state index is 0.189. The summed E-state index contributed by atoms with van der Waals surface area (Å²) >= 11 is 1.52. The highest BCUT2D eigenvalue weighted by molar-refractivity contribution is 7.10. The lowest BCUT2D eigenvalue weighted by molar-refractivity contribution is 0.0200. The maximum atomic E-state index is 12.2. The van der Waals surface area contributed by atoms with Crippen molar-refractivity contribution in [3.05, 3.63) is 40.6 Å². The molecule has 1 unspecified atom stereocenters. The van der Waals surface area contributed by atoms with Crippen LogP contribution in [0.5, 0.6) is 11.5 Å². The predicted molar refractivity (Wildman–Crippen MR) is 90.5 cm³/mol. The van der Waals surface area contributed by atoms with Crippen molar-refractivity contribution < 1.29 is 19.4 Å². The second kappa shape index (κ2) is 5.99. The van der Waals surface area contributed by atoms with Gasteiger partial charge in [0.25, 0.3) is 0 Å². The minimum Gasteiger partial charge on any atom is -0.454 e. The second-order valence-electron chi connectivity index (χ2n) is 6.05. The smallest absolute Gasteiger partial charge is 0.319 e. The molecule has 0 radical (unpaired) electrons. The fraction of sp³-hybridized carbons (Fsp3) is 0.353. The zero-order chi connectivity index (χ0) is 16.6. The van der Waals surface area contributed by atoms with Crippen molar-refractivity contribution in [3.8, 4) is 11.5 Å².